The summed E-state index contributed by atoms with van der Waals surface area (Å²) in [4.78, 5) is 0. The molecular formula is C14H19NO2. The van der Waals surface area contributed by atoms with Crippen LogP contribution in [-0.4, -0.2) is 19.3 Å². The molecular weight excluding hydrogens is 214 g/mol. The molecule has 1 saturated carbocycles. The highest BCUT2D eigenvalue weighted by atomic mass is 16.6. The molecule has 3 rings (SSSR count). The summed E-state index contributed by atoms with van der Waals surface area (Å²) in [7, 11) is 0. The third-order valence-electron chi connectivity index (χ3n) is 4.32. The molecule has 1 aromatic carbocycles. The smallest absolute Gasteiger partial charge is 0.161 e. The minimum absolute atomic E-state index is 0.147. The van der Waals surface area contributed by atoms with E-state index < -0.39 is 0 Å². The van der Waals surface area contributed by atoms with Gasteiger partial charge in [-0.25, -0.2) is 0 Å². The summed E-state index contributed by atoms with van der Waals surface area (Å²) in [5.74, 6) is 2.79. The van der Waals surface area contributed by atoms with Crippen LogP contribution in [0.4, 0.5) is 0 Å². The minimum Gasteiger partial charge on any atom is -0.486 e. The van der Waals surface area contributed by atoms with Gasteiger partial charge in [-0.2, -0.15) is 0 Å². The van der Waals surface area contributed by atoms with Crippen molar-refractivity contribution in [2.24, 2.45) is 23.0 Å². The molecule has 0 amide bonds. The van der Waals surface area contributed by atoms with Gasteiger partial charge in [-0.15, -0.1) is 0 Å². The van der Waals surface area contributed by atoms with Gasteiger partial charge in [-0.1, -0.05) is 26.0 Å². The van der Waals surface area contributed by atoms with Crippen LogP contribution < -0.4 is 15.2 Å². The van der Waals surface area contributed by atoms with E-state index in [1.807, 2.05) is 24.3 Å². The molecule has 1 aliphatic carbocycles. The highest BCUT2D eigenvalue weighted by Crippen LogP contribution is 2.60. The van der Waals surface area contributed by atoms with Crippen LogP contribution in [0.25, 0.3) is 0 Å². The third-order valence-corrected chi connectivity index (χ3v) is 4.32. The molecule has 92 valence electrons. The maximum atomic E-state index is 6.04. The summed E-state index contributed by atoms with van der Waals surface area (Å²) in [6.45, 7) is 5.90. The first-order valence-corrected chi connectivity index (χ1v) is 6.23. The molecule has 1 fully saturated rings. The number of ether oxygens (including phenoxy) is 2. The quantitative estimate of drug-likeness (QED) is 0.850. The van der Waals surface area contributed by atoms with Gasteiger partial charge in [0, 0.05) is 5.92 Å². The van der Waals surface area contributed by atoms with E-state index in [0.29, 0.717) is 18.4 Å². The Kier molecular flexibility index (Phi) is 2.33. The SMILES string of the molecule is CC1(C)[C@@H](CN)[C@@H]1C1COc2ccccc2O1. The van der Waals surface area contributed by atoms with E-state index in [-0.39, 0.29) is 11.5 Å². The molecule has 3 nitrogen and oxygen atoms in total. The summed E-state index contributed by atoms with van der Waals surface area (Å²) in [6.07, 6.45) is 0.147. The molecule has 1 unspecified atom stereocenters. The molecule has 2 N–H and O–H groups in total. The number of hydrogen-bond acceptors (Lipinski definition) is 3. The van der Waals surface area contributed by atoms with Crippen molar-refractivity contribution in [3.05, 3.63) is 24.3 Å². The summed E-state index contributed by atoms with van der Waals surface area (Å²) < 4.78 is 11.8. The van der Waals surface area contributed by atoms with Crippen LogP contribution in [0.15, 0.2) is 24.3 Å². The Bertz CT molecular complexity index is 430. The highest BCUT2D eigenvalue weighted by Gasteiger charge is 2.61. The first-order chi connectivity index (χ1) is 8.14. The van der Waals surface area contributed by atoms with E-state index in [4.69, 9.17) is 15.2 Å². The van der Waals surface area contributed by atoms with Crippen molar-refractivity contribution in [1.82, 2.24) is 0 Å². The summed E-state index contributed by atoms with van der Waals surface area (Å²) >= 11 is 0. The Morgan fingerprint density at radius 1 is 1.29 bits per heavy atom. The van der Waals surface area contributed by atoms with Crippen molar-refractivity contribution < 1.29 is 9.47 Å². The minimum atomic E-state index is 0.147. The molecule has 0 bridgehead atoms. The van der Waals surface area contributed by atoms with E-state index in [1.54, 1.807) is 0 Å². The lowest BCUT2D eigenvalue weighted by Gasteiger charge is -2.27. The third kappa shape index (κ3) is 1.61. The zero-order chi connectivity index (χ0) is 12.0. The van der Waals surface area contributed by atoms with Crippen LogP contribution in [0.2, 0.25) is 0 Å². The van der Waals surface area contributed by atoms with Crippen LogP contribution >= 0.6 is 0 Å². The van der Waals surface area contributed by atoms with Crippen molar-refractivity contribution in [1.29, 1.82) is 0 Å². The lowest BCUT2D eigenvalue weighted by atomic mass is 10.1. The molecule has 0 saturated heterocycles. The van der Waals surface area contributed by atoms with Crippen LogP contribution in [0, 0.1) is 17.3 Å². The van der Waals surface area contributed by atoms with Crippen molar-refractivity contribution in [3.8, 4) is 11.5 Å². The zero-order valence-electron chi connectivity index (χ0n) is 10.3. The standard InChI is InChI=1S/C14H19NO2/c1-14(2)9(7-15)13(14)12-8-16-10-5-3-4-6-11(10)17-12/h3-6,9,12-13H,7-8,15H2,1-2H3/t9-,12?,13+/m0/s1. The number of fused-ring (bicyclic) bond motifs is 1. The number of nitrogens with two attached hydrogens (primary N) is 1. The Balaban J connectivity index is 1.77. The second-order valence-corrected chi connectivity index (χ2v) is 5.60. The van der Waals surface area contributed by atoms with Crippen molar-refractivity contribution in [2.45, 2.75) is 20.0 Å². The van der Waals surface area contributed by atoms with Gasteiger partial charge in [-0.3, -0.25) is 0 Å². The highest BCUT2D eigenvalue weighted by molar-refractivity contribution is 5.41. The van der Waals surface area contributed by atoms with Gasteiger partial charge in [0.05, 0.1) is 0 Å². The maximum absolute atomic E-state index is 6.04. The summed E-state index contributed by atoms with van der Waals surface area (Å²) in [6, 6.07) is 7.85. The molecule has 17 heavy (non-hydrogen) atoms. The number of rotatable bonds is 2. The monoisotopic (exact) mass is 233 g/mol. The number of benzene rings is 1. The Labute approximate surface area is 102 Å². The molecule has 0 aromatic heterocycles. The average Bonchev–Trinajstić information content (AvgIpc) is 2.90. The predicted octanol–water partition coefficient (Wildman–Crippen LogP) is 2.06. The lowest BCUT2D eigenvalue weighted by molar-refractivity contribution is 0.0649. The van der Waals surface area contributed by atoms with Crippen LogP contribution in [-0.2, 0) is 0 Å². The predicted molar refractivity (Wildman–Crippen MR) is 66.2 cm³/mol. The topological polar surface area (TPSA) is 44.5 Å². The van der Waals surface area contributed by atoms with Crippen molar-refractivity contribution in [2.75, 3.05) is 13.2 Å². The zero-order valence-corrected chi connectivity index (χ0v) is 10.3. The largest absolute Gasteiger partial charge is 0.486 e. The summed E-state index contributed by atoms with van der Waals surface area (Å²) in [5.41, 5.74) is 6.09. The second kappa shape index (κ2) is 3.64. The molecule has 1 aliphatic heterocycles. The first-order valence-electron chi connectivity index (χ1n) is 6.23. The van der Waals surface area contributed by atoms with E-state index >= 15 is 0 Å². The molecule has 2 aliphatic rings. The Hall–Kier alpha value is -1.22. The number of para-hydroxylation sites is 2. The van der Waals surface area contributed by atoms with Gasteiger partial charge >= 0.3 is 0 Å². The van der Waals surface area contributed by atoms with Gasteiger partial charge in [0.1, 0.15) is 12.7 Å². The maximum Gasteiger partial charge on any atom is 0.161 e. The molecule has 0 spiro atoms. The van der Waals surface area contributed by atoms with Crippen molar-refractivity contribution >= 4 is 0 Å². The molecule has 3 heteroatoms. The fourth-order valence-corrected chi connectivity index (χ4v) is 3.19. The van der Waals surface area contributed by atoms with Crippen LogP contribution in [0.3, 0.4) is 0 Å². The molecule has 3 atom stereocenters. The van der Waals surface area contributed by atoms with Gasteiger partial charge in [0.2, 0.25) is 0 Å². The van der Waals surface area contributed by atoms with E-state index in [2.05, 4.69) is 13.8 Å². The average molecular weight is 233 g/mol. The van der Waals surface area contributed by atoms with E-state index in [0.717, 1.165) is 18.0 Å². The normalized spacial score (nSPS) is 33.2. The molecule has 0 radical (unpaired) electrons. The second-order valence-electron chi connectivity index (χ2n) is 5.60. The van der Waals surface area contributed by atoms with E-state index in [9.17, 15) is 0 Å². The van der Waals surface area contributed by atoms with Gasteiger partial charge in [-0.05, 0) is 30.0 Å². The van der Waals surface area contributed by atoms with Crippen LogP contribution in [0.1, 0.15) is 13.8 Å². The summed E-state index contributed by atoms with van der Waals surface area (Å²) in [5, 5.41) is 0. The van der Waals surface area contributed by atoms with Crippen LogP contribution in [0.5, 0.6) is 11.5 Å². The number of hydrogen-bond donors (Lipinski definition) is 1. The van der Waals surface area contributed by atoms with Gasteiger partial charge < -0.3 is 15.2 Å². The van der Waals surface area contributed by atoms with E-state index in [1.165, 1.54) is 0 Å². The lowest BCUT2D eigenvalue weighted by Crippen LogP contribution is -2.33. The molecule has 1 heterocycles. The van der Waals surface area contributed by atoms with Gasteiger partial charge in [0.25, 0.3) is 0 Å². The first kappa shape index (κ1) is 10.9. The fraction of sp³-hybridized carbons (Fsp3) is 0.571. The fourth-order valence-electron chi connectivity index (χ4n) is 3.19. The van der Waals surface area contributed by atoms with Gasteiger partial charge in [0.15, 0.2) is 11.5 Å². The molecule has 1 aromatic rings. The van der Waals surface area contributed by atoms with Crippen molar-refractivity contribution in [3.63, 3.8) is 0 Å². The Morgan fingerprint density at radius 3 is 2.65 bits per heavy atom. The Morgan fingerprint density at radius 2 is 2.00 bits per heavy atom.